The SMILES string of the molecule is CC(C)C[C@@H](NC(=O)NCC(C)N1CCCC1)C(=O)O. The summed E-state index contributed by atoms with van der Waals surface area (Å²) in [6, 6.07) is -0.933. The monoisotopic (exact) mass is 285 g/mol. The Morgan fingerprint density at radius 2 is 1.80 bits per heavy atom. The van der Waals surface area contributed by atoms with Crippen molar-refractivity contribution in [3.63, 3.8) is 0 Å². The largest absolute Gasteiger partial charge is 0.480 e. The molecular formula is C14H27N3O3. The van der Waals surface area contributed by atoms with E-state index in [1.54, 1.807) is 0 Å². The van der Waals surface area contributed by atoms with Gasteiger partial charge < -0.3 is 15.7 Å². The van der Waals surface area contributed by atoms with Crippen LogP contribution in [0.2, 0.25) is 0 Å². The molecule has 0 saturated carbocycles. The molecule has 1 saturated heterocycles. The molecule has 0 aromatic carbocycles. The van der Waals surface area contributed by atoms with E-state index in [2.05, 4.69) is 22.5 Å². The molecule has 0 radical (unpaired) electrons. The summed E-state index contributed by atoms with van der Waals surface area (Å²) in [7, 11) is 0. The van der Waals surface area contributed by atoms with Crippen molar-refractivity contribution in [2.75, 3.05) is 19.6 Å². The molecule has 3 N–H and O–H groups in total. The van der Waals surface area contributed by atoms with E-state index < -0.39 is 18.0 Å². The highest BCUT2D eigenvalue weighted by molar-refractivity contribution is 5.82. The summed E-state index contributed by atoms with van der Waals surface area (Å²) in [5.41, 5.74) is 0. The fraction of sp³-hybridized carbons (Fsp3) is 0.857. The van der Waals surface area contributed by atoms with Crippen molar-refractivity contribution >= 4 is 12.0 Å². The Hall–Kier alpha value is -1.30. The summed E-state index contributed by atoms with van der Waals surface area (Å²) < 4.78 is 0. The van der Waals surface area contributed by atoms with E-state index in [1.165, 1.54) is 12.8 Å². The van der Waals surface area contributed by atoms with Crippen LogP contribution >= 0.6 is 0 Å². The first-order valence-corrected chi connectivity index (χ1v) is 7.41. The average molecular weight is 285 g/mol. The molecule has 2 atom stereocenters. The summed E-state index contributed by atoms with van der Waals surface area (Å²) in [6.45, 7) is 8.65. The lowest BCUT2D eigenvalue weighted by atomic mass is 10.0. The van der Waals surface area contributed by atoms with Crippen molar-refractivity contribution in [1.29, 1.82) is 0 Å². The van der Waals surface area contributed by atoms with Crippen molar-refractivity contribution in [3.8, 4) is 0 Å². The maximum Gasteiger partial charge on any atom is 0.326 e. The molecule has 20 heavy (non-hydrogen) atoms. The van der Waals surface area contributed by atoms with Crippen molar-refractivity contribution in [2.45, 2.75) is 52.1 Å². The van der Waals surface area contributed by atoms with Crippen LogP contribution in [0.3, 0.4) is 0 Å². The van der Waals surface area contributed by atoms with Crippen molar-refractivity contribution < 1.29 is 14.7 Å². The summed E-state index contributed by atoms with van der Waals surface area (Å²) in [4.78, 5) is 25.2. The molecule has 1 heterocycles. The Morgan fingerprint density at radius 3 is 2.30 bits per heavy atom. The zero-order valence-electron chi connectivity index (χ0n) is 12.7. The van der Waals surface area contributed by atoms with Gasteiger partial charge in [-0.2, -0.15) is 0 Å². The normalized spacial score (nSPS) is 18.8. The van der Waals surface area contributed by atoms with Gasteiger partial charge in [0.1, 0.15) is 6.04 Å². The highest BCUT2D eigenvalue weighted by Crippen LogP contribution is 2.10. The fourth-order valence-electron chi connectivity index (χ4n) is 2.45. The summed E-state index contributed by atoms with van der Waals surface area (Å²) in [6.07, 6.45) is 2.86. The molecule has 116 valence electrons. The molecule has 1 unspecified atom stereocenters. The zero-order chi connectivity index (χ0) is 15.1. The number of nitrogens with zero attached hydrogens (tertiary/aromatic N) is 1. The molecule has 0 aromatic heterocycles. The minimum atomic E-state index is -0.985. The van der Waals surface area contributed by atoms with Gasteiger partial charge in [-0.3, -0.25) is 4.90 Å². The molecule has 1 fully saturated rings. The fourth-order valence-corrected chi connectivity index (χ4v) is 2.45. The Morgan fingerprint density at radius 1 is 1.20 bits per heavy atom. The van der Waals surface area contributed by atoms with Gasteiger partial charge in [0, 0.05) is 12.6 Å². The maximum atomic E-state index is 11.8. The van der Waals surface area contributed by atoms with E-state index in [0.29, 0.717) is 13.0 Å². The molecule has 6 nitrogen and oxygen atoms in total. The van der Waals surface area contributed by atoms with E-state index in [0.717, 1.165) is 13.1 Å². The summed E-state index contributed by atoms with van der Waals surface area (Å²) in [5.74, 6) is -0.763. The summed E-state index contributed by atoms with van der Waals surface area (Å²) >= 11 is 0. The van der Waals surface area contributed by atoms with Gasteiger partial charge in [0.15, 0.2) is 0 Å². The van der Waals surface area contributed by atoms with E-state index in [-0.39, 0.29) is 12.0 Å². The van der Waals surface area contributed by atoms with Gasteiger partial charge in [-0.1, -0.05) is 13.8 Å². The maximum absolute atomic E-state index is 11.8. The number of carboxylic acids is 1. The molecule has 1 aliphatic heterocycles. The van der Waals surface area contributed by atoms with Crippen LogP contribution in [0.25, 0.3) is 0 Å². The Bertz CT molecular complexity index is 328. The smallest absolute Gasteiger partial charge is 0.326 e. The summed E-state index contributed by atoms with van der Waals surface area (Å²) in [5, 5.41) is 14.4. The number of carboxylic acid groups (broad SMARTS) is 1. The average Bonchev–Trinajstić information content (AvgIpc) is 2.88. The highest BCUT2D eigenvalue weighted by atomic mass is 16.4. The third kappa shape index (κ3) is 5.77. The standard InChI is InChI=1S/C14H27N3O3/c1-10(2)8-12(13(18)19)16-14(20)15-9-11(3)17-6-4-5-7-17/h10-12H,4-9H2,1-3H3,(H,18,19)(H2,15,16,20)/t11?,12-/m1/s1. The lowest BCUT2D eigenvalue weighted by Gasteiger charge is -2.24. The van der Waals surface area contributed by atoms with Crippen LogP contribution in [0, 0.1) is 5.92 Å². The van der Waals surface area contributed by atoms with Crippen LogP contribution in [-0.2, 0) is 4.79 Å². The lowest BCUT2D eigenvalue weighted by Crippen LogP contribution is -2.49. The Labute approximate surface area is 120 Å². The van der Waals surface area contributed by atoms with Crippen LogP contribution in [0.1, 0.15) is 40.0 Å². The first kappa shape index (κ1) is 16.8. The quantitative estimate of drug-likeness (QED) is 0.658. The Kier molecular flexibility index (Phi) is 6.78. The number of hydrogen-bond acceptors (Lipinski definition) is 3. The minimum Gasteiger partial charge on any atom is -0.480 e. The topological polar surface area (TPSA) is 81.7 Å². The molecule has 1 aliphatic rings. The minimum absolute atomic E-state index is 0.222. The second kappa shape index (κ2) is 8.09. The number of nitrogens with one attached hydrogen (secondary N) is 2. The third-order valence-corrected chi connectivity index (χ3v) is 3.63. The predicted octanol–water partition coefficient (Wildman–Crippen LogP) is 1.27. The zero-order valence-corrected chi connectivity index (χ0v) is 12.7. The van der Waals surface area contributed by atoms with E-state index >= 15 is 0 Å². The number of carbonyl (C=O) groups excluding carboxylic acids is 1. The lowest BCUT2D eigenvalue weighted by molar-refractivity contribution is -0.139. The van der Waals surface area contributed by atoms with Gasteiger partial charge in [0.2, 0.25) is 0 Å². The number of carbonyl (C=O) groups is 2. The number of aliphatic carboxylic acids is 1. The molecule has 0 aromatic rings. The first-order valence-electron chi connectivity index (χ1n) is 7.41. The number of hydrogen-bond donors (Lipinski definition) is 3. The molecule has 6 heteroatoms. The highest BCUT2D eigenvalue weighted by Gasteiger charge is 2.22. The number of rotatable bonds is 7. The van der Waals surface area contributed by atoms with Gasteiger partial charge in [-0.05, 0) is 45.2 Å². The molecule has 1 rings (SSSR count). The van der Waals surface area contributed by atoms with E-state index in [9.17, 15) is 9.59 Å². The third-order valence-electron chi connectivity index (χ3n) is 3.63. The van der Waals surface area contributed by atoms with Crippen LogP contribution in [-0.4, -0.2) is 53.7 Å². The van der Waals surface area contributed by atoms with Crippen molar-refractivity contribution in [3.05, 3.63) is 0 Å². The van der Waals surface area contributed by atoms with Crippen LogP contribution in [0.5, 0.6) is 0 Å². The molecule has 2 amide bonds. The second-order valence-electron chi connectivity index (χ2n) is 5.97. The van der Waals surface area contributed by atoms with E-state index in [1.807, 2.05) is 13.8 Å². The van der Waals surface area contributed by atoms with E-state index in [4.69, 9.17) is 5.11 Å². The molecular weight excluding hydrogens is 258 g/mol. The first-order chi connectivity index (χ1) is 9.40. The Balaban J connectivity index is 2.31. The van der Waals surface area contributed by atoms with Crippen molar-refractivity contribution in [2.24, 2.45) is 5.92 Å². The van der Waals surface area contributed by atoms with Crippen LogP contribution in [0.4, 0.5) is 4.79 Å². The van der Waals surface area contributed by atoms with Gasteiger partial charge in [0.25, 0.3) is 0 Å². The molecule has 0 aliphatic carbocycles. The van der Waals surface area contributed by atoms with Gasteiger partial charge in [-0.15, -0.1) is 0 Å². The van der Waals surface area contributed by atoms with Gasteiger partial charge in [0.05, 0.1) is 0 Å². The molecule has 0 bridgehead atoms. The van der Waals surface area contributed by atoms with Crippen LogP contribution in [0.15, 0.2) is 0 Å². The number of likely N-dealkylation sites (tertiary alicyclic amines) is 1. The number of amides is 2. The predicted molar refractivity (Wildman–Crippen MR) is 77.7 cm³/mol. The van der Waals surface area contributed by atoms with Crippen molar-refractivity contribution in [1.82, 2.24) is 15.5 Å². The van der Waals surface area contributed by atoms with Gasteiger partial charge >= 0.3 is 12.0 Å². The number of urea groups is 1. The molecule has 0 spiro atoms. The second-order valence-corrected chi connectivity index (χ2v) is 5.97. The van der Waals surface area contributed by atoms with Gasteiger partial charge in [-0.25, -0.2) is 9.59 Å². The van der Waals surface area contributed by atoms with Crippen LogP contribution < -0.4 is 10.6 Å².